The van der Waals surface area contributed by atoms with E-state index >= 15 is 0 Å². The van der Waals surface area contributed by atoms with Crippen molar-refractivity contribution in [2.75, 3.05) is 19.7 Å². The van der Waals surface area contributed by atoms with Gasteiger partial charge in [-0.05, 0) is 25.2 Å². The zero-order chi connectivity index (χ0) is 13.2. The van der Waals surface area contributed by atoms with Crippen LogP contribution < -0.4 is 5.73 Å². The number of aliphatic imine (C=N–C) groups is 1. The molecule has 104 valence electrons. The Balaban J connectivity index is 2.09. The molecule has 2 aliphatic heterocycles. The summed E-state index contributed by atoms with van der Waals surface area (Å²) in [6.07, 6.45) is 4.86. The largest absolute Gasteiger partial charge is 0.378 e. The normalized spacial score (nSPS) is 32.3. The molecule has 4 heteroatoms. The minimum atomic E-state index is 0.145. The fraction of sp³-hybridized carbons (Fsp3) is 0.929. The molecular formula is C14H27N3O. The van der Waals surface area contributed by atoms with Crippen molar-refractivity contribution in [3.8, 4) is 0 Å². The van der Waals surface area contributed by atoms with Crippen molar-refractivity contribution in [1.82, 2.24) is 4.90 Å². The molecule has 0 saturated carbocycles. The summed E-state index contributed by atoms with van der Waals surface area (Å²) in [5, 5.41) is 0. The lowest BCUT2D eigenvalue weighted by Crippen LogP contribution is -2.57. The van der Waals surface area contributed by atoms with Crippen LogP contribution in [0, 0.1) is 5.92 Å². The molecule has 0 amide bonds. The number of hydrogen-bond acceptors (Lipinski definition) is 4. The van der Waals surface area contributed by atoms with Gasteiger partial charge in [-0.3, -0.25) is 4.99 Å². The van der Waals surface area contributed by atoms with Crippen molar-refractivity contribution in [3.05, 3.63) is 0 Å². The van der Waals surface area contributed by atoms with Crippen LogP contribution >= 0.6 is 0 Å². The first-order chi connectivity index (χ1) is 8.57. The topological polar surface area (TPSA) is 50.9 Å². The number of nitrogens with zero attached hydrogens (tertiary/aromatic N) is 2. The Morgan fingerprint density at radius 3 is 3.00 bits per heavy atom. The van der Waals surface area contributed by atoms with Crippen LogP contribution in [0.5, 0.6) is 0 Å². The third-order valence-electron chi connectivity index (χ3n) is 4.07. The second-order valence-corrected chi connectivity index (χ2v) is 6.14. The molecule has 0 aromatic rings. The molecule has 2 atom stereocenters. The number of guanidine groups is 1. The second-order valence-electron chi connectivity index (χ2n) is 6.14. The van der Waals surface area contributed by atoms with Gasteiger partial charge in [0.2, 0.25) is 0 Å². The average Bonchev–Trinajstić information content (AvgIpc) is 2.59. The number of ether oxygens (including phenoxy) is 1. The smallest absolute Gasteiger partial charge is 0.191 e. The zero-order valence-corrected chi connectivity index (χ0v) is 12.0. The molecule has 0 aromatic carbocycles. The van der Waals surface area contributed by atoms with E-state index in [1.165, 1.54) is 6.42 Å². The third-order valence-corrected chi connectivity index (χ3v) is 4.07. The molecule has 4 nitrogen and oxygen atoms in total. The first kappa shape index (κ1) is 13.7. The van der Waals surface area contributed by atoms with Crippen molar-refractivity contribution in [2.24, 2.45) is 16.6 Å². The molecular weight excluding hydrogens is 226 g/mol. The lowest BCUT2D eigenvalue weighted by molar-refractivity contribution is -0.0524. The van der Waals surface area contributed by atoms with E-state index in [1.807, 2.05) is 0 Å². The molecule has 0 radical (unpaired) electrons. The molecule has 1 saturated heterocycles. The molecule has 1 fully saturated rings. The quantitative estimate of drug-likeness (QED) is 0.833. The summed E-state index contributed by atoms with van der Waals surface area (Å²) in [5.74, 6) is 1.35. The van der Waals surface area contributed by atoms with Crippen LogP contribution in [-0.4, -0.2) is 42.2 Å². The van der Waals surface area contributed by atoms with E-state index in [2.05, 4.69) is 30.7 Å². The van der Waals surface area contributed by atoms with Gasteiger partial charge in [0.1, 0.15) is 0 Å². The van der Waals surface area contributed by atoms with Crippen molar-refractivity contribution in [1.29, 1.82) is 0 Å². The van der Waals surface area contributed by atoms with E-state index in [4.69, 9.17) is 10.5 Å². The van der Waals surface area contributed by atoms with Crippen LogP contribution in [0.15, 0.2) is 4.99 Å². The summed E-state index contributed by atoms with van der Waals surface area (Å²) in [7, 11) is 0. The van der Waals surface area contributed by atoms with Gasteiger partial charge in [0, 0.05) is 13.2 Å². The minimum Gasteiger partial charge on any atom is -0.378 e. The monoisotopic (exact) mass is 253 g/mol. The predicted molar refractivity (Wildman–Crippen MR) is 74.6 cm³/mol. The summed E-state index contributed by atoms with van der Waals surface area (Å²) in [6, 6.07) is 0. The standard InChI is InChI=1S/C14H27N3O/c1-4-5-12-8-14(6-7-18-12)10-16-13(15)17(14)9-11(2)3/h11-12H,4-10H2,1-3H3,(H2,15,16). The Hall–Kier alpha value is -0.770. The summed E-state index contributed by atoms with van der Waals surface area (Å²) in [6.45, 7) is 9.41. The van der Waals surface area contributed by atoms with E-state index in [-0.39, 0.29) is 5.54 Å². The maximum absolute atomic E-state index is 6.09. The highest BCUT2D eigenvalue weighted by Gasteiger charge is 2.45. The highest BCUT2D eigenvalue weighted by atomic mass is 16.5. The zero-order valence-electron chi connectivity index (χ0n) is 12.0. The lowest BCUT2D eigenvalue weighted by Gasteiger charge is -2.45. The lowest BCUT2D eigenvalue weighted by atomic mass is 9.84. The van der Waals surface area contributed by atoms with Crippen LogP contribution in [0.3, 0.4) is 0 Å². The Morgan fingerprint density at radius 1 is 1.56 bits per heavy atom. The van der Waals surface area contributed by atoms with Crippen LogP contribution in [0.1, 0.15) is 46.5 Å². The number of rotatable bonds is 4. The summed E-state index contributed by atoms with van der Waals surface area (Å²) in [4.78, 5) is 6.86. The van der Waals surface area contributed by atoms with Crippen LogP contribution in [-0.2, 0) is 4.74 Å². The maximum atomic E-state index is 6.09. The van der Waals surface area contributed by atoms with E-state index in [1.54, 1.807) is 0 Å². The first-order valence-corrected chi connectivity index (χ1v) is 7.26. The fourth-order valence-corrected chi connectivity index (χ4v) is 3.19. The maximum Gasteiger partial charge on any atom is 0.191 e. The molecule has 2 rings (SSSR count). The van der Waals surface area contributed by atoms with Gasteiger partial charge in [-0.25, -0.2) is 0 Å². The minimum absolute atomic E-state index is 0.145. The molecule has 0 aromatic heterocycles. The van der Waals surface area contributed by atoms with Gasteiger partial charge in [-0.2, -0.15) is 0 Å². The summed E-state index contributed by atoms with van der Waals surface area (Å²) in [5.41, 5.74) is 6.23. The average molecular weight is 253 g/mol. The fourth-order valence-electron chi connectivity index (χ4n) is 3.19. The van der Waals surface area contributed by atoms with Gasteiger partial charge in [0.25, 0.3) is 0 Å². The van der Waals surface area contributed by atoms with Gasteiger partial charge in [-0.15, -0.1) is 0 Å². The second kappa shape index (κ2) is 5.47. The van der Waals surface area contributed by atoms with Crippen molar-refractivity contribution in [3.63, 3.8) is 0 Å². The van der Waals surface area contributed by atoms with Gasteiger partial charge >= 0.3 is 0 Å². The Morgan fingerprint density at radius 2 is 2.33 bits per heavy atom. The first-order valence-electron chi connectivity index (χ1n) is 7.26. The predicted octanol–water partition coefficient (Wildman–Crippen LogP) is 1.99. The highest BCUT2D eigenvalue weighted by Crippen LogP contribution is 2.36. The molecule has 2 aliphatic rings. The SMILES string of the molecule is CCCC1CC2(CCO1)CN=C(N)N2CC(C)C. The van der Waals surface area contributed by atoms with Gasteiger partial charge in [0.15, 0.2) is 5.96 Å². The Kier molecular flexibility index (Phi) is 4.15. The molecule has 0 bridgehead atoms. The van der Waals surface area contributed by atoms with Crippen molar-refractivity contribution < 1.29 is 4.74 Å². The number of hydrogen-bond donors (Lipinski definition) is 1. The Labute approximate surface area is 111 Å². The van der Waals surface area contributed by atoms with Gasteiger partial charge in [-0.1, -0.05) is 27.2 Å². The third kappa shape index (κ3) is 2.63. The molecule has 0 aliphatic carbocycles. The van der Waals surface area contributed by atoms with Gasteiger partial charge in [0.05, 0.1) is 18.2 Å². The summed E-state index contributed by atoms with van der Waals surface area (Å²) >= 11 is 0. The van der Waals surface area contributed by atoms with Gasteiger partial charge < -0.3 is 15.4 Å². The summed E-state index contributed by atoms with van der Waals surface area (Å²) < 4.78 is 5.88. The molecule has 2 N–H and O–H groups in total. The molecule has 1 spiro atoms. The van der Waals surface area contributed by atoms with E-state index in [0.29, 0.717) is 12.0 Å². The van der Waals surface area contributed by atoms with Crippen molar-refractivity contribution >= 4 is 5.96 Å². The van der Waals surface area contributed by atoms with E-state index in [9.17, 15) is 0 Å². The van der Waals surface area contributed by atoms with E-state index < -0.39 is 0 Å². The van der Waals surface area contributed by atoms with E-state index in [0.717, 1.165) is 44.9 Å². The number of nitrogens with two attached hydrogens (primary N) is 1. The van der Waals surface area contributed by atoms with Crippen LogP contribution in [0.25, 0.3) is 0 Å². The molecule has 2 heterocycles. The Bertz CT molecular complexity index is 314. The van der Waals surface area contributed by atoms with Crippen LogP contribution in [0.2, 0.25) is 0 Å². The van der Waals surface area contributed by atoms with Crippen molar-refractivity contribution in [2.45, 2.75) is 58.1 Å². The molecule has 18 heavy (non-hydrogen) atoms. The molecule has 2 unspecified atom stereocenters. The van der Waals surface area contributed by atoms with Crippen LogP contribution in [0.4, 0.5) is 0 Å². The highest BCUT2D eigenvalue weighted by molar-refractivity contribution is 5.81.